The SMILES string of the molecule is NC(=O)Nc1c(Cl)c(O)c(-c2ccc(S(=O)(=O)NC[C@@H]3CCCO3)cc2)c(Cl)c1Cl. The minimum atomic E-state index is -3.74. The first kappa shape index (κ1) is 22.9. The molecule has 0 aromatic heterocycles. The summed E-state index contributed by atoms with van der Waals surface area (Å²) in [6, 6.07) is 4.69. The van der Waals surface area contributed by atoms with Gasteiger partial charge in [-0.3, -0.25) is 0 Å². The highest BCUT2D eigenvalue weighted by atomic mass is 35.5. The molecule has 12 heteroatoms. The van der Waals surface area contributed by atoms with Gasteiger partial charge >= 0.3 is 6.03 Å². The van der Waals surface area contributed by atoms with E-state index in [4.69, 9.17) is 45.3 Å². The first-order chi connectivity index (χ1) is 14.1. The molecule has 0 unspecified atom stereocenters. The lowest BCUT2D eigenvalue weighted by molar-refractivity contribution is 0.114. The van der Waals surface area contributed by atoms with Crippen molar-refractivity contribution in [3.63, 3.8) is 0 Å². The summed E-state index contributed by atoms with van der Waals surface area (Å²) in [4.78, 5) is 11.1. The molecular formula is C18H18Cl3N3O5S. The molecule has 2 aromatic carbocycles. The predicted octanol–water partition coefficient (Wildman–Crippen LogP) is 3.97. The Kier molecular flexibility index (Phi) is 7.01. The van der Waals surface area contributed by atoms with E-state index in [-0.39, 0.29) is 43.9 Å². The van der Waals surface area contributed by atoms with Gasteiger partial charge in [-0.05, 0) is 30.5 Å². The Bertz CT molecular complexity index is 1040. The summed E-state index contributed by atoms with van der Waals surface area (Å²) in [7, 11) is -3.74. The maximum absolute atomic E-state index is 12.5. The molecule has 5 N–H and O–H groups in total. The fourth-order valence-electron chi connectivity index (χ4n) is 3.04. The lowest BCUT2D eigenvalue weighted by Gasteiger charge is -2.16. The van der Waals surface area contributed by atoms with Crippen LogP contribution in [-0.2, 0) is 14.8 Å². The smallest absolute Gasteiger partial charge is 0.316 e. The van der Waals surface area contributed by atoms with Crippen molar-refractivity contribution >= 4 is 56.5 Å². The molecule has 30 heavy (non-hydrogen) atoms. The van der Waals surface area contributed by atoms with E-state index in [0.29, 0.717) is 12.2 Å². The first-order valence-electron chi connectivity index (χ1n) is 8.79. The van der Waals surface area contributed by atoms with Crippen molar-refractivity contribution in [1.29, 1.82) is 0 Å². The van der Waals surface area contributed by atoms with Crippen molar-refractivity contribution in [2.45, 2.75) is 23.8 Å². The van der Waals surface area contributed by atoms with Gasteiger partial charge in [0.2, 0.25) is 10.0 Å². The number of anilines is 1. The summed E-state index contributed by atoms with van der Waals surface area (Å²) in [6.07, 6.45) is 1.58. The Hall–Kier alpha value is -1.75. The van der Waals surface area contributed by atoms with Crippen LogP contribution in [0.15, 0.2) is 29.2 Å². The van der Waals surface area contributed by atoms with Gasteiger partial charge in [0.05, 0.1) is 26.7 Å². The van der Waals surface area contributed by atoms with E-state index >= 15 is 0 Å². The zero-order chi connectivity index (χ0) is 22.1. The van der Waals surface area contributed by atoms with E-state index in [1.54, 1.807) is 0 Å². The Balaban J connectivity index is 1.90. The molecule has 0 aliphatic carbocycles. The molecule has 2 aromatic rings. The lowest BCUT2D eigenvalue weighted by atomic mass is 10.0. The lowest BCUT2D eigenvalue weighted by Crippen LogP contribution is -2.31. The summed E-state index contributed by atoms with van der Waals surface area (Å²) >= 11 is 18.5. The monoisotopic (exact) mass is 493 g/mol. The number of rotatable bonds is 6. The van der Waals surface area contributed by atoms with Crippen molar-refractivity contribution in [1.82, 2.24) is 4.72 Å². The van der Waals surface area contributed by atoms with Gasteiger partial charge in [-0.2, -0.15) is 0 Å². The number of amides is 2. The third-order valence-electron chi connectivity index (χ3n) is 4.52. The molecule has 1 atom stereocenters. The van der Waals surface area contributed by atoms with E-state index in [0.717, 1.165) is 12.8 Å². The van der Waals surface area contributed by atoms with Gasteiger partial charge in [-0.15, -0.1) is 0 Å². The molecule has 1 saturated heterocycles. The van der Waals surface area contributed by atoms with E-state index in [1.807, 2.05) is 0 Å². The molecule has 0 bridgehead atoms. The van der Waals surface area contributed by atoms with Crippen molar-refractivity contribution in [3.8, 4) is 16.9 Å². The second kappa shape index (κ2) is 9.17. The summed E-state index contributed by atoms with van der Waals surface area (Å²) < 4.78 is 32.9. The number of nitrogens with two attached hydrogens (primary N) is 1. The van der Waals surface area contributed by atoms with Crippen LogP contribution in [0.5, 0.6) is 5.75 Å². The zero-order valence-corrected chi connectivity index (χ0v) is 18.5. The van der Waals surface area contributed by atoms with Crippen molar-refractivity contribution in [2.75, 3.05) is 18.5 Å². The van der Waals surface area contributed by atoms with Gasteiger partial charge in [0.1, 0.15) is 10.8 Å². The van der Waals surface area contributed by atoms with Crippen LogP contribution in [0.2, 0.25) is 15.1 Å². The van der Waals surface area contributed by atoms with Crippen LogP contribution >= 0.6 is 34.8 Å². The quantitative estimate of drug-likeness (QED) is 0.451. The second-order valence-electron chi connectivity index (χ2n) is 6.54. The summed E-state index contributed by atoms with van der Waals surface area (Å²) in [5, 5.41) is 12.2. The number of nitrogens with one attached hydrogen (secondary N) is 2. The molecule has 3 rings (SSSR count). The van der Waals surface area contributed by atoms with E-state index < -0.39 is 21.8 Å². The fraction of sp³-hybridized carbons (Fsp3) is 0.278. The predicted molar refractivity (Wildman–Crippen MR) is 116 cm³/mol. The molecule has 0 spiro atoms. The molecule has 1 aliphatic rings. The Labute approximate surface area is 188 Å². The number of halogens is 3. The summed E-state index contributed by atoms with van der Waals surface area (Å²) in [5.41, 5.74) is 5.39. The van der Waals surface area contributed by atoms with Crippen molar-refractivity contribution < 1.29 is 23.1 Å². The number of ether oxygens (including phenoxy) is 1. The normalized spacial score (nSPS) is 16.6. The highest BCUT2D eigenvalue weighted by Crippen LogP contribution is 2.50. The van der Waals surface area contributed by atoms with Crippen LogP contribution < -0.4 is 15.8 Å². The highest BCUT2D eigenvalue weighted by molar-refractivity contribution is 7.89. The zero-order valence-electron chi connectivity index (χ0n) is 15.4. The minimum Gasteiger partial charge on any atom is -0.506 e. The number of benzene rings is 2. The maximum Gasteiger partial charge on any atom is 0.316 e. The van der Waals surface area contributed by atoms with Gasteiger partial charge in [0.25, 0.3) is 0 Å². The van der Waals surface area contributed by atoms with E-state index in [9.17, 15) is 18.3 Å². The minimum absolute atomic E-state index is 0.0315. The number of carbonyl (C=O) groups is 1. The number of hydrogen-bond donors (Lipinski definition) is 4. The molecule has 1 fully saturated rings. The number of hydrogen-bond acceptors (Lipinski definition) is 5. The molecule has 2 amide bonds. The highest BCUT2D eigenvalue weighted by Gasteiger charge is 2.24. The van der Waals surface area contributed by atoms with E-state index in [1.165, 1.54) is 24.3 Å². The molecule has 0 radical (unpaired) electrons. The van der Waals surface area contributed by atoms with Crippen molar-refractivity contribution in [2.24, 2.45) is 5.73 Å². The summed E-state index contributed by atoms with van der Waals surface area (Å²) in [6.45, 7) is 0.820. The Morgan fingerprint density at radius 1 is 1.17 bits per heavy atom. The van der Waals surface area contributed by atoms with Crippen LogP contribution in [0.4, 0.5) is 10.5 Å². The number of phenolic OH excluding ortho intramolecular Hbond substituents is 1. The number of aromatic hydroxyl groups is 1. The molecule has 1 heterocycles. The molecule has 1 aliphatic heterocycles. The van der Waals surface area contributed by atoms with Crippen LogP contribution in [0.25, 0.3) is 11.1 Å². The Morgan fingerprint density at radius 2 is 1.83 bits per heavy atom. The standard InChI is InChI=1S/C18H18Cl3N3O5S/c19-13-12(17(25)15(21)16(14(13)20)24-18(22)26)9-3-5-11(6-4-9)30(27,28)23-8-10-2-1-7-29-10/h3-6,10,23,25H,1-2,7-8H2,(H3,22,24,26)/t10-/m0/s1. The van der Waals surface area contributed by atoms with Crippen LogP contribution in [0.1, 0.15) is 12.8 Å². The topological polar surface area (TPSA) is 131 Å². The number of sulfonamides is 1. The van der Waals surface area contributed by atoms with Gasteiger partial charge < -0.3 is 20.9 Å². The molecule has 8 nitrogen and oxygen atoms in total. The number of phenols is 1. The van der Waals surface area contributed by atoms with Gasteiger partial charge in [-0.1, -0.05) is 46.9 Å². The number of urea groups is 1. The Morgan fingerprint density at radius 3 is 2.40 bits per heavy atom. The second-order valence-corrected chi connectivity index (χ2v) is 9.44. The largest absolute Gasteiger partial charge is 0.506 e. The van der Waals surface area contributed by atoms with Crippen LogP contribution in [0.3, 0.4) is 0 Å². The average Bonchev–Trinajstić information content (AvgIpc) is 3.22. The summed E-state index contributed by atoms with van der Waals surface area (Å²) in [5.74, 6) is -0.443. The third-order valence-corrected chi connectivity index (χ3v) is 7.18. The van der Waals surface area contributed by atoms with Crippen molar-refractivity contribution in [3.05, 3.63) is 39.3 Å². The molecule has 0 saturated carbocycles. The van der Waals surface area contributed by atoms with Crippen LogP contribution in [-0.4, -0.2) is 38.8 Å². The number of carbonyl (C=O) groups excluding carboxylic acids is 1. The van der Waals surface area contributed by atoms with Gasteiger partial charge in [0.15, 0.2) is 0 Å². The van der Waals surface area contributed by atoms with E-state index in [2.05, 4.69) is 10.0 Å². The van der Waals surface area contributed by atoms with Gasteiger partial charge in [-0.25, -0.2) is 17.9 Å². The number of primary amides is 1. The molecule has 162 valence electrons. The maximum atomic E-state index is 12.5. The van der Waals surface area contributed by atoms with Gasteiger partial charge in [0, 0.05) is 18.7 Å². The fourth-order valence-corrected chi connectivity index (χ4v) is 4.92. The third kappa shape index (κ3) is 4.77. The first-order valence-corrected chi connectivity index (χ1v) is 11.4. The average molecular weight is 495 g/mol. The van der Waals surface area contributed by atoms with Crippen LogP contribution in [0, 0.1) is 0 Å². The molecular weight excluding hydrogens is 477 g/mol.